The quantitative estimate of drug-likeness (QED) is 0.408. The van der Waals surface area contributed by atoms with Crippen LogP contribution in [0, 0.1) is 5.92 Å². The van der Waals surface area contributed by atoms with Gasteiger partial charge in [-0.3, -0.25) is 0 Å². The molecule has 0 rings (SSSR count). The van der Waals surface area contributed by atoms with E-state index in [4.69, 9.17) is 7.85 Å². The summed E-state index contributed by atoms with van der Waals surface area (Å²) in [5.74, 6) is 0.545. The molecule has 2 atom stereocenters. The van der Waals surface area contributed by atoms with Crippen LogP contribution < -0.4 is 0 Å². The Morgan fingerprint density at radius 1 is 1.57 bits per heavy atom. The van der Waals surface area contributed by atoms with Crippen LogP contribution in [-0.4, -0.2) is 13.1 Å². The van der Waals surface area contributed by atoms with Crippen molar-refractivity contribution in [1.29, 1.82) is 0 Å². The summed E-state index contributed by atoms with van der Waals surface area (Å²) in [5, 5.41) is 0.435. The Balaban J connectivity index is 3.14. The molecule has 0 spiro atoms. The molecular weight excluding hydrogens is 103 g/mol. The average Bonchev–Trinajstić information content (AvgIpc) is 1.65. The van der Waals surface area contributed by atoms with Crippen LogP contribution in [0.1, 0.15) is 13.8 Å². The first kappa shape index (κ1) is 7.41. The van der Waals surface area contributed by atoms with Gasteiger partial charge in [-0.15, -0.1) is 0 Å². The summed E-state index contributed by atoms with van der Waals surface area (Å²) >= 11 is 4.19. The molecule has 7 heavy (non-hydrogen) atoms. The molecule has 40 valence electrons. The lowest BCUT2D eigenvalue weighted by Gasteiger charge is -2.10. The molecular formula is C5H11BS. The minimum Gasteiger partial charge on any atom is -0.176 e. The van der Waals surface area contributed by atoms with Crippen molar-refractivity contribution in [3.63, 3.8) is 0 Å². The zero-order valence-electron chi connectivity index (χ0n) is 4.89. The van der Waals surface area contributed by atoms with Crippen LogP contribution in [0.4, 0.5) is 0 Å². The second-order valence-corrected chi connectivity index (χ2v) is 2.77. The first-order chi connectivity index (χ1) is 3.18. The molecule has 0 aromatic heterocycles. The second kappa shape index (κ2) is 3.42. The van der Waals surface area contributed by atoms with Gasteiger partial charge in [-0.25, -0.2) is 0 Å². The highest BCUT2D eigenvalue weighted by Crippen LogP contribution is 2.10. The van der Waals surface area contributed by atoms with Gasteiger partial charge >= 0.3 is 0 Å². The number of hydrogen-bond donors (Lipinski definition) is 1. The maximum Gasteiger partial charge on any atom is 0.0657 e. The van der Waals surface area contributed by atoms with Gasteiger partial charge in [0.15, 0.2) is 0 Å². The van der Waals surface area contributed by atoms with E-state index in [0.29, 0.717) is 11.2 Å². The molecule has 0 bridgehead atoms. The minimum atomic E-state index is 0.435. The van der Waals surface area contributed by atoms with Crippen molar-refractivity contribution in [3.8, 4) is 0 Å². The second-order valence-electron chi connectivity index (χ2n) is 1.95. The lowest BCUT2D eigenvalue weighted by molar-refractivity contribution is 0.645. The fourth-order valence-corrected chi connectivity index (χ4v) is 0.319. The molecule has 0 heterocycles. The third-order valence-corrected chi connectivity index (χ3v) is 1.70. The van der Waals surface area contributed by atoms with E-state index in [0.717, 1.165) is 6.32 Å². The lowest BCUT2D eigenvalue weighted by atomic mass is 9.91. The summed E-state index contributed by atoms with van der Waals surface area (Å²) in [4.78, 5) is 0. The van der Waals surface area contributed by atoms with Crippen LogP contribution >= 0.6 is 12.6 Å². The first-order valence-corrected chi connectivity index (χ1v) is 3.08. The predicted octanol–water partition coefficient (Wildman–Crippen LogP) is 1.53. The fraction of sp³-hybridized carbons (Fsp3) is 1.00. The van der Waals surface area contributed by atoms with Gasteiger partial charge in [0, 0.05) is 5.25 Å². The highest BCUT2D eigenvalue weighted by Gasteiger charge is 2.01. The highest BCUT2D eigenvalue weighted by atomic mass is 32.1. The Morgan fingerprint density at radius 2 is 2.00 bits per heavy atom. The minimum absolute atomic E-state index is 0.435. The maximum atomic E-state index is 5.32. The van der Waals surface area contributed by atoms with Gasteiger partial charge in [-0.2, -0.15) is 12.6 Å². The Morgan fingerprint density at radius 3 is 2.00 bits per heavy atom. The maximum absolute atomic E-state index is 5.32. The average molecular weight is 114 g/mol. The number of rotatable bonds is 2. The molecule has 0 nitrogen and oxygen atoms in total. The Labute approximate surface area is 52.5 Å². The van der Waals surface area contributed by atoms with Crippen LogP contribution in [0.15, 0.2) is 0 Å². The van der Waals surface area contributed by atoms with E-state index in [1.54, 1.807) is 0 Å². The molecule has 0 aliphatic rings. The molecule has 2 heteroatoms. The molecule has 0 saturated carbocycles. The van der Waals surface area contributed by atoms with Crippen LogP contribution in [-0.2, 0) is 0 Å². The highest BCUT2D eigenvalue weighted by molar-refractivity contribution is 7.80. The fourth-order valence-electron chi connectivity index (χ4n) is 0.197. The summed E-state index contributed by atoms with van der Waals surface area (Å²) in [7, 11) is 5.32. The van der Waals surface area contributed by atoms with E-state index in [1.807, 2.05) is 0 Å². The monoisotopic (exact) mass is 114 g/mol. The summed E-state index contributed by atoms with van der Waals surface area (Å²) in [6, 6.07) is 0. The number of hydrogen-bond acceptors (Lipinski definition) is 1. The zero-order chi connectivity index (χ0) is 5.86. The largest absolute Gasteiger partial charge is 0.176 e. The molecule has 0 amide bonds. The van der Waals surface area contributed by atoms with Crippen LogP contribution in [0.25, 0.3) is 0 Å². The van der Waals surface area contributed by atoms with E-state index in [1.165, 1.54) is 0 Å². The molecule has 0 aliphatic carbocycles. The van der Waals surface area contributed by atoms with Crippen molar-refractivity contribution in [2.24, 2.45) is 5.92 Å². The SMILES string of the molecule is [B]CC(C)C(C)S. The van der Waals surface area contributed by atoms with Crippen LogP contribution in [0.5, 0.6) is 0 Å². The van der Waals surface area contributed by atoms with Crippen LogP contribution in [0.3, 0.4) is 0 Å². The molecule has 0 fully saturated rings. The van der Waals surface area contributed by atoms with Crippen molar-refractivity contribution in [2.75, 3.05) is 0 Å². The van der Waals surface area contributed by atoms with Gasteiger partial charge in [-0.1, -0.05) is 20.2 Å². The lowest BCUT2D eigenvalue weighted by Crippen LogP contribution is -2.04. The molecule has 2 unspecified atom stereocenters. The predicted molar refractivity (Wildman–Crippen MR) is 38.2 cm³/mol. The third-order valence-electron chi connectivity index (χ3n) is 1.20. The van der Waals surface area contributed by atoms with Gasteiger partial charge in [0.05, 0.1) is 7.85 Å². The topological polar surface area (TPSA) is 0 Å². The van der Waals surface area contributed by atoms with Crippen molar-refractivity contribution in [3.05, 3.63) is 0 Å². The molecule has 0 saturated heterocycles. The van der Waals surface area contributed by atoms with Gasteiger partial charge in [0.2, 0.25) is 0 Å². The zero-order valence-corrected chi connectivity index (χ0v) is 5.78. The Kier molecular flexibility index (Phi) is 3.62. The van der Waals surface area contributed by atoms with E-state index < -0.39 is 0 Å². The standard InChI is InChI=1S/C5H11BS/c1-4(3-6)5(2)7/h4-5,7H,3H2,1-2H3. The van der Waals surface area contributed by atoms with Crippen molar-refractivity contribution >= 4 is 20.5 Å². The molecule has 0 N–H and O–H groups in total. The molecule has 2 radical (unpaired) electrons. The summed E-state index contributed by atoms with van der Waals surface area (Å²) < 4.78 is 0. The van der Waals surface area contributed by atoms with Gasteiger partial charge in [0.1, 0.15) is 0 Å². The smallest absolute Gasteiger partial charge is 0.0657 e. The third kappa shape index (κ3) is 3.04. The first-order valence-electron chi connectivity index (χ1n) is 2.56. The van der Waals surface area contributed by atoms with Crippen molar-refractivity contribution < 1.29 is 0 Å². The van der Waals surface area contributed by atoms with Crippen molar-refractivity contribution in [1.82, 2.24) is 0 Å². The van der Waals surface area contributed by atoms with E-state index in [2.05, 4.69) is 26.5 Å². The van der Waals surface area contributed by atoms with E-state index >= 15 is 0 Å². The molecule has 0 aromatic rings. The molecule has 0 aliphatic heterocycles. The van der Waals surface area contributed by atoms with Crippen LogP contribution in [0.2, 0.25) is 6.32 Å². The van der Waals surface area contributed by atoms with Crippen molar-refractivity contribution in [2.45, 2.75) is 25.4 Å². The molecule has 0 aromatic carbocycles. The van der Waals surface area contributed by atoms with Gasteiger partial charge in [0.25, 0.3) is 0 Å². The summed E-state index contributed by atoms with van der Waals surface area (Å²) in [5.41, 5.74) is 0. The Hall–Kier alpha value is 0.415. The van der Waals surface area contributed by atoms with Gasteiger partial charge in [-0.05, 0) is 5.92 Å². The number of thiol groups is 1. The summed E-state index contributed by atoms with van der Waals surface area (Å²) in [6.07, 6.45) is 0.741. The van der Waals surface area contributed by atoms with E-state index in [-0.39, 0.29) is 0 Å². The normalized spacial score (nSPS) is 18.7. The Bertz CT molecular complexity index is 45.3. The van der Waals surface area contributed by atoms with E-state index in [9.17, 15) is 0 Å². The summed E-state index contributed by atoms with van der Waals surface area (Å²) in [6.45, 7) is 4.15. The van der Waals surface area contributed by atoms with Gasteiger partial charge < -0.3 is 0 Å².